The molecule has 0 aromatic heterocycles. The number of carboxylic acid groups (broad SMARTS) is 2. The van der Waals surface area contributed by atoms with Crippen LogP contribution in [0.4, 0.5) is 0 Å². The third-order valence-corrected chi connectivity index (χ3v) is 0.805. The topological polar surface area (TPSA) is 115 Å². The molecule has 0 rings (SSSR count). The smallest absolute Gasteiger partial charge is 0.335 e. The average molecular weight is 260 g/mol. The van der Waals surface area contributed by atoms with E-state index in [1.54, 1.807) is 0 Å². The summed E-state index contributed by atoms with van der Waals surface area (Å²) in [4.78, 5) is 19.5. The van der Waals surface area contributed by atoms with Gasteiger partial charge in [0.2, 0.25) is 0 Å². The zero-order valence-electron chi connectivity index (χ0n) is 5.52. The Balaban J connectivity index is -0.000000405. The summed E-state index contributed by atoms with van der Waals surface area (Å²) in [5.74, 6) is -3.54. The number of rotatable bonds is 3. The fourth-order valence-electron chi connectivity index (χ4n) is 0.270. The largest absolute Gasteiger partial charge is 0.479 e. The minimum absolute atomic E-state index is 0. The molecule has 0 spiro atoms. The maximum absolute atomic E-state index is 9.77. The molecular formula is C4H6Mn2O6. The van der Waals surface area contributed by atoms with Crippen molar-refractivity contribution in [2.24, 2.45) is 0 Å². The minimum atomic E-state index is -2.27. The van der Waals surface area contributed by atoms with Crippen molar-refractivity contribution in [1.82, 2.24) is 0 Å². The van der Waals surface area contributed by atoms with Crippen molar-refractivity contribution < 1.29 is 64.2 Å². The van der Waals surface area contributed by atoms with Crippen molar-refractivity contribution in [2.45, 2.75) is 12.2 Å². The van der Waals surface area contributed by atoms with E-state index in [4.69, 9.17) is 20.4 Å². The molecule has 0 aromatic rings. The van der Waals surface area contributed by atoms with E-state index in [1.165, 1.54) is 0 Å². The second kappa shape index (κ2) is 7.54. The third kappa shape index (κ3) is 5.54. The first-order chi connectivity index (χ1) is 4.46. The number of aliphatic hydroxyl groups is 2. The molecule has 0 aliphatic carbocycles. The molecule has 4 N–H and O–H groups in total. The third-order valence-electron chi connectivity index (χ3n) is 0.805. The number of carbonyl (C=O) groups is 2. The van der Waals surface area contributed by atoms with Crippen LogP contribution in [-0.2, 0) is 43.7 Å². The molecule has 0 heterocycles. The van der Waals surface area contributed by atoms with Crippen molar-refractivity contribution >= 4 is 11.9 Å². The van der Waals surface area contributed by atoms with Gasteiger partial charge in [-0.05, 0) is 0 Å². The van der Waals surface area contributed by atoms with E-state index in [9.17, 15) is 9.59 Å². The summed E-state index contributed by atoms with van der Waals surface area (Å²) in [7, 11) is 0. The van der Waals surface area contributed by atoms with Gasteiger partial charge in [0.25, 0.3) is 0 Å². The van der Waals surface area contributed by atoms with Crippen molar-refractivity contribution in [3.63, 3.8) is 0 Å². The summed E-state index contributed by atoms with van der Waals surface area (Å²) in [5.41, 5.74) is 0. The molecule has 12 heavy (non-hydrogen) atoms. The number of carboxylic acids is 2. The second-order valence-electron chi connectivity index (χ2n) is 1.57. The molecule has 0 amide bonds. The van der Waals surface area contributed by atoms with Gasteiger partial charge in [-0.2, -0.15) is 0 Å². The Bertz CT molecular complexity index is 142. The molecular weight excluding hydrogens is 254 g/mol. The van der Waals surface area contributed by atoms with Crippen LogP contribution in [-0.4, -0.2) is 44.6 Å². The quantitative estimate of drug-likeness (QED) is 0.431. The molecule has 6 nitrogen and oxygen atoms in total. The van der Waals surface area contributed by atoms with Gasteiger partial charge in [-0.15, -0.1) is 0 Å². The molecule has 8 heteroatoms. The van der Waals surface area contributed by atoms with Gasteiger partial charge in [-0.25, -0.2) is 9.59 Å². The maximum Gasteiger partial charge on any atom is 0.335 e. The summed E-state index contributed by atoms with van der Waals surface area (Å²) < 4.78 is 0. The first-order valence-corrected chi connectivity index (χ1v) is 2.28. The first kappa shape index (κ1) is 17.8. The molecule has 0 fully saturated rings. The number of aliphatic carboxylic acids is 2. The molecule has 0 unspecified atom stereocenters. The van der Waals surface area contributed by atoms with Gasteiger partial charge in [0, 0.05) is 34.1 Å². The van der Waals surface area contributed by atoms with Crippen LogP contribution < -0.4 is 0 Å². The van der Waals surface area contributed by atoms with E-state index in [-0.39, 0.29) is 34.1 Å². The van der Waals surface area contributed by atoms with Gasteiger partial charge in [-0.3, -0.25) is 0 Å². The van der Waals surface area contributed by atoms with Crippen LogP contribution in [0.5, 0.6) is 0 Å². The Hall–Kier alpha value is -0.101. The van der Waals surface area contributed by atoms with Crippen LogP contribution in [0.2, 0.25) is 0 Å². The van der Waals surface area contributed by atoms with E-state index in [0.29, 0.717) is 0 Å². The molecule has 0 saturated heterocycles. The molecule has 0 bridgehead atoms. The number of hydrogen-bond donors (Lipinski definition) is 4. The summed E-state index contributed by atoms with van der Waals surface area (Å²) in [5, 5.41) is 32.5. The number of aliphatic hydroxyl groups excluding tert-OH is 2. The van der Waals surface area contributed by atoms with Gasteiger partial charge in [0.1, 0.15) is 0 Å². The van der Waals surface area contributed by atoms with Crippen molar-refractivity contribution in [2.75, 3.05) is 0 Å². The fourth-order valence-corrected chi connectivity index (χ4v) is 0.270. The summed E-state index contributed by atoms with van der Waals surface area (Å²) in [6.45, 7) is 0. The Morgan fingerprint density at radius 1 is 0.833 bits per heavy atom. The van der Waals surface area contributed by atoms with Crippen LogP contribution in [0.3, 0.4) is 0 Å². The Labute approximate surface area is 88.5 Å². The molecule has 0 aliphatic heterocycles. The summed E-state index contributed by atoms with van der Waals surface area (Å²) in [6.07, 6.45) is -4.53. The normalized spacial score (nSPS) is 13.2. The predicted octanol–water partition coefficient (Wildman–Crippen LogP) is -2.13. The monoisotopic (exact) mass is 260 g/mol. The van der Waals surface area contributed by atoms with Crippen LogP contribution in [0, 0.1) is 0 Å². The fraction of sp³-hybridized carbons (Fsp3) is 0.500. The Kier molecular flexibility index (Phi) is 11.2. The van der Waals surface area contributed by atoms with E-state index >= 15 is 0 Å². The molecule has 0 saturated carbocycles. The van der Waals surface area contributed by atoms with Crippen molar-refractivity contribution in [3.05, 3.63) is 0 Å². The SMILES string of the molecule is O=C(O)[C@H](O)[C@@H](O)C(=O)O.[Mn].[Mn]. The van der Waals surface area contributed by atoms with Gasteiger partial charge in [-0.1, -0.05) is 0 Å². The maximum atomic E-state index is 9.77. The minimum Gasteiger partial charge on any atom is -0.479 e. The predicted molar refractivity (Wildman–Crippen MR) is 27.3 cm³/mol. The van der Waals surface area contributed by atoms with Gasteiger partial charge >= 0.3 is 11.9 Å². The Morgan fingerprint density at radius 2 is 1.00 bits per heavy atom. The van der Waals surface area contributed by atoms with Crippen LogP contribution in [0.25, 0.3) is 0 Å². The van der Waals surface area contributed by atoms with Gasteiger partial charge in [0.15, 0.2) is 12.2 Å². The van der Waals surface area contributed by atoms with Crippen LogP contribution in [0.1, 0.15) is 0 Å². The molecule has 0 aliphatic rings. The number of hydrogen-bond acceptors (Lipinski definition) is 4. The van der Waals surface area contributed by atoms with Gasteiger partial charge < -0.3 is 20.4 Å². The zero-order chi connectivity index (χ0) is 8.31. The summed E-state index contributed by atoms with van der Waals surface area (Å²) >= 11 is 0. The zero-order valence-corrected chi connectivity index (χ0v) is 7.88. The van der Waals surface area contributed by atoms with E-state index < -0.39 is 24.1 Å². The van der Waals surface area contributed by atoms with Crippen molar-refractivity contribution in [3.8, 4) is 0 Å². The van der Waals surface area contributed by atoms with Crippen LogP contribution >= 0.6 is 0 Å². The first-order valence-electron chi connectivity index (χ1n) is 2.28. The van der Waals surface area contributed by atoms with E-state index in [1.807, 2.05) is 0 Å². The molecule has 0 aromatic carbocycles. The molecule has 72 valence electrons. The van der Waals surface area contributed by atoms with E-state index in [0.717, 1.165) is 0 Å². The van der Waals surface area contributed by atoms with E-state index in [2.05, 4.69) is 0 Å². The standard InChI is InChI=1S/C4H6O6.2Mn/c5-1(3(7)8)2(6)4(9)10;;/h1-2,5-6H,(H,7,8)(H,9,10);;/t1-,2-;;/m1../s1. The van der Waals surface area contributed by atoms with Gasteiger partial charge in [0.05, 0.1) is 0 Å². The second-order valence-corrected chi connectivity index (χ2v) is 1.57. The molecule has 2 radical (unpaired) electrons. The summed E-state index contributed by atoms with van der Waals surface area (Å²) in [6, 6.07) is 0. The van der Waals surface area contributed by atoms with Crippen molar-refractivity contribution in [1.29, 1.82) is 0 Å². The average Bonchev–Trinajstić information content (AvgIpc) is 1.84. The Morgan fingerprint density at radius 3 is 1.08 bits per heavy atom. The molecule has 2 atom stereocenters. The van der Waals surface area contributed by atoms with Crippen LogP contribution in [0.15, 0.2) is 0 Å².